The summed E-state index contributed by atoms with van der Waals surface area (Å²) < 4.78 is 0. The van der Waals surface area contributed by atoms with Crippen LogP contribution in [-0.2, 0) is 6.42 Å². The molecule has 0 fully saturated rings. The van der Waals surface area contributed by atoms with Crippen molar-refractivity contribution < 1.29 is 0 Å². The van der Waals surface area contributed by atoms with Crippen molar-refractivity contribution >= 4 is 0 Å². The van der Waals surface area contributed by atoms with Gasteiger partial charge in [0, 0.05) is 23.9 Å². The lowest BCUT2D eigenvalue weighted by molar-refractivity contribution is 0.519. The predicted molar refractivity (Wildman–Crippen MR) is 80.1 cm³/mol. The zero-order valence-electron chi connectivity index (χ0n) is 11.7. The normalized spacial score (nSPS) is 14.1. The van der Waals surface area contributed by atoms with Gasteiger partial charge >= 0.3 is 0 Å². The van der Waals surface area contributed by atoms with Crippen LogP contribution in [0.1, 0.15) is 36.1 Å². The molecule has 2 atom stereocenters. The number of hydrogen-bond donors (Lipinski definition) is 1. The van der Waals surface area contributed by atoms with Gasteiger partial charge in [-0.25, -0.2) is 0 Å². The van der Waals surface area contributed by atoms with E-state index in [1.165, 1.54) is 11.1 Å². The van der Waals surface area contributed by atoms with E-state index >= 15 is 0 Å². The lowest BCUT2D eigenvalue weighted by atomic mass is 9.92. The third-order valence-corrected chi connectivity index (χ3v) is 3.80. The molecule has 0 amide bonds. The average molecular weight is 254 g/mol. The fourth-order valence-electron chi connectivity index (χ4n) is 2.33. The summed E-state index contributed by atoms with van der Waals surface area (Å²) in [5, 5.41) is 0. The minimum Gasteiger partial charge on any atom is -0.327 e. The van der Waals surface area contributed by atoms with Crippen molar-refractivity contribution in [2.75, 3.05) is 0 Å². The Morgan fingerprint density at radius 1 is 1.11 bits per heavy atom. The van der Waals surface area contributed by atoms with Gasteiger partial charge < -0.3 is 5.73 Å². The number of nitrogens with two attached hydrogens (primary N) is 1. The van der Waals surface area contributed by atoms with Gasteiger partial charge in [-0.15, -0.1) is 0 Å². The minimum absolute atomic E-state index is 0.148. The number of aryl methyl sites for hydroxylation is 2. The first kappa shape index (κ1) is 13.8. The number of nitrogens with zero attached hydrogens (tertiary/aromatic N) is 1. The van der Waals surface area contributed by atoms with Gasteiger partial charge in [0.25, 0.3) is 0 Å². The third-order valence-electron chi connectivity index (χ3n) is 3.80. The van der Waals surface area contributed by atoms with Crippen LogP contribution in [0, 0.1) is 6.92 Å². The fraction of sp³-hybridized carbons (Fsp3) is 0.353. The van der Waals surface area contributed by atoms with Crippen LogP contribution in [0.15, 0.2) is 48.7 Å². The second-order valence-corrected chi connectivity index (χ2v) is 5.17. The molecule has 0 aliphatic heterocycles. The summed E-state index contributed by atoms with van der Waals surface area (Å²) in [6, 6.07) is 14.7. The maximum Gasteiger partial charge on any atom is 0.0447 e. The lowest BCUT2D eigenvalue weighted by Gasteiger charge is -2.19. The highest BCUT2D eigenvalue weighted by Gasteiger charge is 2.15. The highest BCUT2D eigenvalue weighted by Crippen LogP contribution is 2.19. The van der Waals surface area contributed by atoms with Crippen molar-refractivity contribution in [3.05, 3.63) is 65.5 Å². The molecule has 2 N–H and O–H groups in total. The first-order valence-corrected chi connectivity index (χ1v) is 6.89. The zero-order chi connectivity index (χ0) is 13.7. The van der Waals surface area contributed by atoms with E-state index in [9.17, 15) is 0 Å². The molecule has 2 rings (SSSR count). The summed E-state index contributed by atoms with van der Waals surface area (Å²) in [5.74, 6) is 0.296. The second-order valence-electron chi connectivity index (χ2n) is 5.17. The van der Waals surface area contributed by atoms with Crippen molar-refractivity contribution in [2.45, 2.75) is 38.6 Å². The summed E-state index contributed by atoms with van der Waals surface area (Å²) in [7, 11) is 0. The summed E-state index contributed by atoms with van der Waals surface area (Å²) in [4.78, 5) is 4.39. The van der Waals surface area contributed by atoms with Crippen molar-refractivity contribution in [3.63, 3.8) is 0 Å². The Bertz CT molecular complexity index is 508. The monoisotopic (exact) mass is 254 g/mol. The summed E-state index contributed by atoms with van der Waals surface area (Å²) in [6.45, 7) is 4.31. The molecule has 0 bridgehead atoms. The number of rotatable bonds is 5. The second kappa shape index (κ2) is 6.48. The van der Waals surface area contributed by atoms with Crippen molar-refractivity contribution in [3.8, 4) is 0 Å². The van der Waals surface area contributed by atoms with Crippen LogP contribution in [0.2, 0.25) is 0 Å². The number of aromatic nitrogens is 1. The van der Waals surface area contributed by atoms with E-state index in [1.54, 1.807) is 0 Å². The molecule has 2 aromatic rings. The molecule has 1 heterocycles. The van der Waals surface area contributed by atoms with Gasteiger partial charge in [0.05, 0.1) is 0 Å². The Hall–Kier alpha value is -1.67. The van der Waals surface area contributed by atoms with E-state index in [1.807, 2.05) is 18.3 Å². The smallest absolute Gasteiger partial charge is 0.0447 e. The summed E-state index contributed by atoms with van der Waals surface area (Å²) >= 11 is 0. The Morgan fingerprint density at radius 3 is 2.53 bits per heavy atom. The molecule has 2 nitrogen and oxygen atoms in total. The quantitative estimate of drug-likeness (QED) is 0.887. The van der Waals surface area contributed by atoms with Gasteiger partial charge in [-0.1, -0.05) is 37.3 Å². The van der Waals surface area contributed by atoms with E-state index in [-0.39, 0.29) is 6.04 Å². The van der Waals surface area contributed by atoms with Gasteiger partial charge in [0.1, 0.15) is 0 Å². The van der Waals surface area contributed by atoms with E-state index in [4.69, 9.17) is 5.73 Å². The Kier molecular flexibility index (Phi) is 4.69. The van der Waals surface area contributed by atoms with Crippen LogP contribution < -0.4 is 5.73 Å². The van der Waals surface area contributed by atoms with E-state index < -0.39 is 0 Å². The van der Waals surface area contributed by atoms with Gasteiger partial charge in [0.2, 0.25) is 0 Å². The maximum absolute atomic E-state index is 6.31. The van der Waals surface area contributed by atoms with E-state index in [0.29, 0.717) is 5.92 Å². The fourth-order valence-corrected chi connectivity index (χ4v) is 2.33. The maximum atomic E-state index is 6.31. The molecule has 0 saturated carbocycles. The largest absolute Gasteiger partial charge is 0.327 e. The number of pyridine rings is 1. The molecule has 0 saturated heterocycles. The Balaban J connectivity index is 1.95. The molecular formula is C17H22N2. The molecule has 100 valence electrons. The van der Waals surface area contributed by atoms with Gasteiger partial charge in [0.15, 0.2) is 0 Å². The SMILES string of the molecule is Cc1ccccc1CCC(N)C(C)c1ccccn1. The van der Waals surface area contributed by atoms with Crippen LogP contribution in [0.3, 0.4) is 0 Å². The molecular weight excluding hydrogens is 232 g/mol. The standard InChI is InChI=1S/C17H22N2/c1-13-7-3-4-8-15(13)10-11-16(18)14(2)17-9-5-6-12-19-17/h3-9,12,14,16H,10-11,18H2,1-2H3. The molecule has 0 aliphatic rings. The molecule has 2 unspecified atom stereocenters. The third kappa shape index (κ3) is 3.65. The molecule has 0 aliphatic carbocycles. The topological polar surface area (TPSA) is 38.9 Å². The molecule has 1 aromatic heterocycles. The van der Waals surface area contributed by atoms with E-state index in [2.05, 4.69) is 49.2 Å². The molecule has 0 radical (unpaired) electrons. The molecule has 2 heteroatoms. The van der Waals surface area contributed by atoms with Crippen molar-refractivity contribution in [1.29, 1.82) is 0 Å². The number of hydrogen-bond acceptors (Lipinski definition) is 2. The highest BCUT2D eigenvalue weighted by atomic mass is 14.7. The summed E-state index contributed by atoms with van der Waals surface area (Å²) in [5.41, 5.74) is 10.1. The highest BCUT2D eigenvalue weighted by molar-refractivity contribution is 5.25. The minimum atomic E-state index is 0.148. The predicted octanol–water partition coefficient (Wildman–Crippen LogP) is 3.45. The van der Waals surface area contributed by atoms with E-state index in [0.717, 1.165) is 18.5 Å². The summed E-state index contributed by atoms with van der Waals surface area (Å²) in [6.07, 6.45) is 3.85. The van der Waals surface area contributed by atoms with Crippen LogP contribution in [0.4, 0.5) is 0 Å². The number of benzene rings is 1. The van der Waals surface area contributed by atoms with Crippen molar-refractivity contribution in [2.24, 2.45) is 5.73 Å². The first-order chi connectivity index (χ1) is 9.18. The lowest BCUT2D eigenvalue weighted by Crippen LogP contribution is -2.27. The van der Waals surface area contributed by atoms with Crippen LogP contribution in [-0.4, -0.2) is 11.0 Å². The Labute approximate surface area is 115 Å². The van der Waals surface area contributed by atoms with Gasteiger partial charge in [-0.2, -0.15) is 0 Å². The zero-order valence-corrected chi connectivity index (χ0v) is 11.7. The molecule has 19 heavy (non-hydrogen) atoms. The van der Waals surface area contributed by atoms with Gasteiger partial charge in [-0.05, 0) is 43.0 Å². The average Bonchev–Trinajstić information content (AvgIpc) is 2.46. The van der Waals surface area contributed by atoms with Crippen LogP contribution in [0.25, 0.3) is 0 Å². The molecule has 1 aromatic carbocycles. The molecule has 0 spiro atoms. The van der Waals surface area contributed by atoms with Crippen LogP contribution in [0.5, 0.6) is 0 Å². The first-order valence-electron chi connectivity index (χ1n) is 6.89. The Morgan fingerprint density at radius 2 is 1.84 bits per heavy atom. The van der Waals surface area contributed by atoms with Gasteiger partial charge in [-0.3, -0.25) is 4.98 Å². The van der Waals surface area contributed by atoms with Crippen molar-refractivity contribution in [1.82, 2.24) is 4.98 Å². The van der Waals surface area contributed by atoms with Crippen LogP contribution >= 0.6 is 0 Å².